The van der Waals surface area contributed by atoms with Crippen LogP contribution >= 0.6 is 11.6 Å². The largest absolute Gasteiger partial charge is 0.481 e. The van der Waals surface area contributed by atoms with Gasteiger partial charge in [0.15, 0.2) is 0 Å². The van der Waals surface area contributed by atoms with Gasteiger partial charge >= 0.3 is 12.1 Å². The van der Waals surface area contributed by atoms with E-state index in [2.05, 4.69) is 18.4 Å². The number of anilines is 1. The lowest BCUT2D eigenvalue weighted by Crippen LogP contribution is -2.19. The average molecular weight is 505 g/mol. The van der Waals surface area contributed by atoms with Crippen LogP contribution in [0.3, 0.4) is 0 Å². The van der Waals surface area contributed by atoms with E-state index in [1.807, 2.05) is 6.07 Å². The highest BCUT2D eigenvalue weighted by Gasteiger charge is 2.34. The van der Waals surface area contributed by atoms with Crippen LogP contribution in [0.5, 0.6) is 0 Å². The number of fused-ring (bicyclic) bond motifs is 1. The van der Waals surface area contributed by atoms with E-state index >= 15 is 0 Å². The molecule has 0 bridgehead atoms. The summed E-state index contributed by atoms with van der Waals surface area (Å²) in [7, 11) is 0. The van der Waals surface area contributed by atoms with Crippen LogP contribution in [0.25, 0.3) is 11.1 Å². The number of nitrogen functional groups attached to an aromatic ring is 1. The second kappa shape index (κ2) is 9.61. The first-order valence-corrected chi connectivity index (χ1v) is 12.0. The van der Waals surface area contributed by atoms with Crippen LogP contribution < -0.4 is 5.73 Å². The number of hydrogen-bond donors (Lipinski definition) is 2. The van der Waals surface area contributed by atoms with Crippen LogP contribution in [0, 0.1) is 0 Å². The molecule has 1 heterocycles. The maximum Gasteiger partial charge on any atom is 0.416 e. The molecule has 1 aliphatic carbocycles. The number of aliphatic carboxylic acids is 1. The van der Waals surface area contributed by atoms with E-state index in [1.54, 1.807) is 12.1 Å². The highest BCUT2D eigenvalue weighted by molar-refractivity contribution is 6.31. The number of carbonyl (C=O) groups is 1. The van der Waals surface area contributed by atoms with Gasteiger partial charge in [-0.3, -0.25) is 4.79 Å². The predicted molar refractivity (Wildman–Crippen MR) is 132 cm³/mol. The maximum atomic E-state index is 13.1. The molecular formula is C27H28ClF3N2O2. The van der Waals surface area contributed by atoms with Crippen molar-refractivity contribution >= 4 is 23.3 Å². The maximum absolute atomic E-state index is 13.1. The zero-order chi connectivity index (χ0) is 25.5. The Balaban J connectivity index is 1.93. The van der Waals surface area contributed by atoms with Crippen LogP contribution in [-0.4, -0.2) is 15.6 Å². The van der Waals surface area contributed by atoms with Crippen molar-refractivity contribution in [2.24, 2.45) is 0 Å². The summed E-state index contributed by atoms with van der Waals surface area (Å²) >= 11 is 6.16. The lowest BCUT2D eigenvalue weighted by molar-refractivity contribution is -0.138. The van der Waals surface area contributed by atoms with Gasteiger partial charge in [0, 0.05) is 45.7 Å². The molecule has 4 nitrogen and oxygen atoms in total. The Bertz CT molecular complexity index is 1250. The van der Waals surface area contributed by atoms with Gasteiger partial charge in [-0.05, 0) is 60.6 Å². The zero-order valence-corrected chi connectivity index (χ0v) is 20.4. The summed E-state index contributed by atoms with van der Waals surface area (Å²) in [5, 5.41) is 10.1. The predicted octanol–water partition coefficient (Wildman–Crippen LogP) is 7.48. The first-order valence-electron chi connectivity index (χ1n) is 11.7. The molecule has 35 heavy (non-hydrogen) atoms. The molecule has 1 aliphatic rings. The first-order chi connectivity index (χ1) is 16.5. The summed E-state index contributed by atoms with van der Waals surface area (Å²) in [6.45, 7) is 4.47. The molecule has 8 heteroatoms. The van der Waals surface area contributed by atoms with Crippen LogP contribution in [0.1, 0.15) is 73.0 Å². The topological polar surface area (TPSA) is 68.2 Å². The third kappa shape index (κ3) is 5.06. The molecule has 0 saturated carbocycles. The van der Waals surface area contributed by atoms with Gasteiger partial charge in [0.1, 0.15) is 0 Å². The van der Waals surface area contributed by atoms with Crippen LogP contribution in [0.2, 0.25) is 5.02 Å². The molecule has 4 rings (SSSR count). The smallest absolute Gasteiger partial charge is 0.416 e. The molecule has 186 valence electrons. The molecule has 0 radical (unpaired) electrons. The Morgan fingerprint density at radius 1 is 1.20 bits per heavy atom. The van der Waals surface area contributed by atoms with Gasteiger partial charge in [0.05, 0.1) is 12.0 Å². The number of nitrogens with zero attached hydrogens (tertiary/aromatic N) is 1. The fourth-order valence-electron chi connectivity index (χ4n) is 5.32. The number of nitrogens with two attached hydrogens (primary N) is 1. The average Bonchev–Trinajstić information content (AvgIpc) is 3.08. The lowest BCUT2D eigenvalue weighted by atomic mass is 9.82. The number of benzene rings is 2. The normalized spacial score (nSPS) is 15.9. The number of carboxylic acids is 1. The van der Waals surface area contributed by atoms with Gasteiger partial charge in [-0.25, -0.2) is 0 Å². The van der Waals surface area contributed by atoms with Crippen LogP contribution in [0.4, 0.5) is 18.9 Å². The monoisotopic (exact) mass is 504 g/mol. The molecule has 0 spiro atoms. The lowest BCUT2D eigenvalue weighted by Gasteiger charge is -2.25. The molecule has 1 aromatic heterocycles. The Morgan fingerprint density at radius 3 is 2.46 bits per heavy atom. The van der Waals surface area contributed by atoms with Gasteiger partial charge < -0.3 is 15.4 Å². The van der Waals surface area contributed by atoms with Crippen molar-refractivity contribution < 1.29 is 23.1 Å². The Labute approximate surface area is 207 Å². The number of halogens is 4. The van der Waals surface area contributed by atoms with Gasteiger partial charge in [0.25, 0.3) is 0 Å². The van der Waals surface area contributed by atoms with E-state index in [0.717, 1.165) is 59.5 Å². The van der Waals surface area contributed by atoms with E-state index in [4.69, 9.17) is 17.3 Å². The number of hydrogen-bond acceptors (Lipinski definition) is 2. The van der Waals surface area contributed by atoms with Crippen molar-refractivity contribution in [1.82, 2.24) is 4.57 Å². The Hall–Kier alpha value is -2.93. The fourth-order valence-corrected chi connectivity index (χ4v) is 5.50. The van der Waals surface area contributed by atoms with E-state index in [1.165, 1.54) is 12.1 Å². The zero-order valence-electron chi connectivity index (χ0n) is 19.6. The highest BCUT2D eigenvalue weighted by Crippen LogP contribution is 2.47. The van der Waals surface area contributed by atoms with E-state index < -0.39 is 17.7 Å². The van der Waals surface area contributed by atoms with E-state index in [9.17, 15) is 23.1 Å². The summed E-state index contributed by atoms with van der Waals surface area (Å²) in [5.74, 6) is -1.00. The third-order valence-electron chi connectivity index (χ3n) is 6.69. The minimum Gasteiger partial charge on any atom is -0.481 e. The quantitative estimate of drug-likeness (QED) is 0.342. The molecule has 1 unspecified atom stereocenters. The van der Waals surface area contributed by atoms with Crippen LogP contribution in [0.15, 0.2) is 42.5 Å². The van der Waals surface area contributed by atoms with Crippen molar-refractivity contribution in [3.05, 3.63) is 75.6 Å². The molecule has 2 aromatic carbocycles. The second-order valence-corrected chi connectivity index (χ2v) is 9.91. The molecule has 0 saturated heterocycles. The Morgan fingerprint density at radius 2 is 1.89 bits per heavy atom. The standard InChI is InChI=1S/C27H28ClF3N2O2/c1-15(2)25-24(20-11-10-19(28)13-22(20)32)21-5-3-4-17(12-23(34)35)26(21)33(25)14-16-6-8-18(9-7-16)27(29,30)31/h6-11,13,15,17H,3-5,12,14,32H2,1-2H3,(H,34,35). The van der Waals surface area contributed by atoms with Crippen molar-refractivity contribution in [2.75, 3.05) is 5.73 Å². The summed E-state index contributed by atoms with van der Waals surface area (Å²) < 4.78 is 41.4. The van der Waals surface area contributed by atoms with E-state index in [-0.39, 0.29) is 18.3 Å². The fraction of sp³-hybridized carbons (Fsp3) is 0.370. The van der Waals surface area contributed by atoms with Crippen molar-refractivity contribution in [1.29, 1.82) is 0 Å². The molecule has 3 aromatic rings. The summed E-state index contributed by atoms with van der Waals surface area (Å²) in [4.78, 5) is 11.7. The van der Waals surface area contributed by atoms with E-state index in [0.29, 0.717) is 22.8 Å². The Kier molecular flexibility index (Phi) is 6.91. The van der Waals surface area contributed by atoms with Crippen molar-refractivity contribution in [2.45, 2.75) is 64.1 Å². The second-order valence-electron chi connectivity index (χ2n) is 9.48. The van der Waals surface area contributed by atoms with Crippen molar-refractivity contribution in [3.63, 3.8) is 0 Å². The molecular weight excluding hydrogens is 477 g/mol. The summed E-state index contributed by atoms with van der Waals surface area (Å²) in [6.07, 6.45) is -2.03. The molecule has 0 amide bonds. The third-order valence-corrected chi connectivity index (χ3v) is 6.92. The minimum absolute atomic E-state index is 0.00288. The van der Waals surface area contributed by atoms with Gasteiger partial charge in [-0.15, -0.1) is 0 Å². The molecule has 1 atom stereocenters. The number of carboxylic acid groups (broad SMARTS) is 1. The van der Waals surface area contributed by atoms with Crippen LogP contribution in [-0.2, 0) is 23.9 Å². The van der Waals surface area contributed by atoms with Crippen molar-refractivity contribution in [3.8, 4) is 11.1 Å². The number of alkyl halides is 3. The van der Waals surface area contributed by atoms with Gasteiger partial charge in [0.2, 0.25) is 0 Å². The summed E-state index contributed by atoms with van der Waals surface area (Å²) in [5.41, 5.74) is 11.8. The molecule has 0 fully saturated rings. The molecule has 0 aliphatic heterocycles. The molecule has 3 N–H and O–H groups in total. The number of rotatable bonds is 6. The van der Waals surface area contributed by atoms with Gasteiger partial charge in [-0.1, -0.05) is 43.6 Å². The first kappa shape index (κ1) is 25.2. The number of aromatic nitrogens is 1. The highest BCUT2D eigenvalue weighted by atomic mass is 35.5. The SMILES string of the molecule is CC(C)c1c(-c2ccc(Cl)cc2N)c2c(n1Cc1ccc(C(F)(F)F)cc1)C(CC(=O)O)CCC2. The van der Waals surface area contributed by atoms with Gasteiger partial charge in [-0.2, -0.15) is 13.2 Å². The minimum atomic E-state index is -4.40. The summed E-state index contributed by atoms with van der Waals surface area (Å²) in [6, 6.07) is 10.5.